The van der Waals surface area contributed by atoms with Crippen molar-refractivity contribution in [2.75, 3.05) is 19.7 Å². The molecule has 1 aromatic carbocycles. The number of ether oxygens (including phenoxy) is 1. The summed E-state index contributed by atoms with van der Waals surface area (Å²) in [6.07, 6.45) is 1.30. The van der Waals surface area contributed by atoms with Crippen molar-refractivity contribution in [3.8, 4) is 0 Å². The number of nitrogens with two attached hydrogens (primary N) is 1. The fourth-order valence-electron chi connectivity index (χ4n) is 2.52. The maximum absolute atomic E-state index is 5.68. The van der Waals surface area contributed by atoms with Crippen LogP contribution in [0.4, 0.5) is 0 Å². The molecule has 3 nitrogen and oxygen atoms in total. The van der Waals surface area contributed by atoms with Gasteiger partial charge in [-0.25, -0.2) is 0 Å². The topological polar surface area (TPSA) is 38.5 Å². The van der Waals surface area contributed by atoms with Crippen molar-refractivity contribution in [2.45, 2.75) is 39.0 Å². The quantitative estimate of drug-likeness (QED) is 0.883. The lowest BCUT2D eigenvalue weighted by Gasteiger charge is -2.37. The summed E-state index contributed by atoms with van der Waals surface area (Å²) >= 11 is 0. The van der Waals surface area contributed by atoms with Crippen molar-refractivity contribution in [1.82, 2.24) is 4.90 Å². The Balaban J connectivity index is 2.07. The number of nitrogens with zero attached hydrogens (tertiary/aromatic N) is 1. The Morgan fingerprint density at radius 3 is 2.72 bits per heavy atom. The van der Waals surface area contributed by atoms with Crippen LogP contribution < -0.4 is 5.73 Å². The molecule has 2 atom stereocenters. The minimum absolute atomic E-state index is 0.336. The van der Waals surface area contributed by atoms with Gasteiger partial charge in [-0.3, -0.25) is 4.90 Å². The van der Waals surface area contributed by atoms with Crippen LogP contribution in [-0.4, -0.2) is 36.7 Å². The van der Waals surface area contributed by atoms with E-state index in [4.69, 9.17) is 10.5 Å². The molecule has 2 N–H and O–H groups in total. The van der Waals surface area contributed by atoms with E-state index in [2.05, 4.69) is 43.0 Å². The molecule has 1 heterocycles. The van der Waals surface area contributed by atoms with Gasteiger partial charge in [0, 0.05) is 19.1 Å². The van der Waals surface area contributed by atoms with Gasteiger partial charge in [-0.1, -0.05) is 24.3 Å². The van der Waals surface area contributed by atoms with Gasteiger partial charge in [0.1, 0.15) is 0 Å². The summed E-state index contributed by atoms with van der Waals surface area (Å²) in [5.41, 5.74) is 8.47. The molecule has 1 aliphatic heterocycles. The van der Waals surface area contributed by atoms with Crippen LogP contribution in [0.5, 0.6) is 0 Å². The van der Waals surface area contributed by atoms with Crippen LogP contribution in [-0.2, 0) is 17.7 Å². The van der Waals surface area contributed by atoms with Crippen molar-refractivity contribution in [1.29, 1.82) is 0 Å². The zero-order valence-electron chi connectivity index (χ0n) is 11.4. The van der Waals surface area contributed by atoms with Crippen molar-refractivity contribution in [3.63, 3.8) is 0 Å². The van der Waals surface area contributed by atoms with E-state index in [0.29, 0.717) is 18.7 Å². The summed E-state index contributed by atoms with van der Waals surface area (Å²) in [7, 11) is 0. The minimum atomic E-state index is 0.336. The second-order valence-electron chi connectivity index (χ2n) is 5.23. The van der Waals surface area contributed by atoms with Gasteiger partial charge >= 0.3 is 0 Å². The first kappa shape index (κ1) is 13.5. The van der Waals surface area contributed by atoms with Gasteiger partial charge in [0.2, 0.25) is 0 Å². The van der Waals surface area contributed by atoms with Crippen LogP contribution in [0.15, 0.2) is 24.3 Å². The maximum atomic E-state index is 5.68. The molecule has 0 saturated carbocycles. The first-order chi connectivity index (χ1) is 8.70. The largest absolute Gasteiger partial charge is 0.376 e. The van der Waals surface area contributed by atoms with E-state index in [9.17, 15) is 0 Å². The normalized spacial score (nSPS) is 25.3. The monoisotopic (exact) mass is 248 g/mol. The number of hydrogen-bond donors (Lipinski definition) is 1. The van der Waals surface area contributed by atoms with Gasteiger partial charge in [0.05, 0.1) is 12.7 Å². The van der Waals surface area contributed by atoms with Crippen LogP contribution in [0, 0.1) is 0 Å². The van der Waals surface area contributed by atoms with E-state index >= 15 is 0 Å². The highest BCUT2D eigenvalue weighted by molar-refractivity contribution is 5.27. The van der Waals surface area contributed by atoms with E-state index in [1.165, 1.54) is 11.1 Å². The maximum Gasteiger partial charge on any atom is 0.0674 e. The van der Waals surface area contributed by atoms with E-state index in [1.807, 2.05) is 0 Å². The fourth-order valence-corrected chi connectivity index (χ4v) is 2.52. The molecule has 0 spiro atoms. The van der Waals surface area contributed by atoms with Crippen molar-refractivity contribution in [3.05, 3.63) is 35.4 Å². The highest BCUT2D eigenvalue weighted by atomic mass is 16.5. The van der Waals surface area contributed by atoms with Crippen LogP contribution >= 0.6 is 0 Å². The van der Waals surface area contributed by atoms with Gasteiger partial charge in [-0.15, -0.1) is 0 Å². The molecule has 1 aliphatic rings. The average Bonchev–Trinajstić information content (AvgIpc) is 2.36. The van der Waals surface area contributed by atoms with E-state index in [0.717, 1.165) is 26.1 Å². The summed E-state index contributed by atoms with van der Waals surface area (Å²) in [6.45, 7) is 7.94. The first-order valence-corrected chi connectivity index (χ1v) is 6.83. The van der Waals surface area contributed by atoms with Crippen LogP contribution in [0.3, 0.4) is 0 Å². The average molecular weight is 248 g/mol. The Morgan fingerprint density at radius 1 is 1.28 bits per heavy atom. The van der Waals surface area contributed by atoms with Gasteiger partial charge in [0.15, 0.2) is 0 Å². The Hall–Kier alpha value is -0.900. The molecule has 1 fully saturated rings. The molecule has 2 rings (SSSR count). The van der Waals surface area contributed by atoms with Crippen LogP contribution in [0.2, 0.25) is 0 Å². The zero-order valence-corrected chi connectivity index (χ0v) is 11.4. The molecular formula is C15H24N2O. The standard InChI is InChI=1S/C15H24N2O/c1-12-11-18-13(2)9-17(12)10-15-6-4-3-5-14(15)7-8-16/h3-6,12-13H,7-11,16H2,1-2H3. The number of rotatable bonds is 4. The molecule has 18 heavy (non-hydrogen) atoms. The van der Waals surface area contributed by atoms with Crippen LogP contribution in [0.25, 0.3) is 0 Å². The summed E-state index contributed by atoms with van der Waals surface area (Å²) in [4.78, 5) is 2.50. The summed E-state index contributed by atoms with van der Waals surface area (Å²) in [5, 5.41) is 0. The van der Waals surface area contributed by atoms with Gasteiger partial charge < -0.3 is 10.5 Å². The Bertz CT molecular complexity index is 381. The second-order valence-corrected chi connectivity index (χ2v) is 5.23. The SMILES string of the molecule is CC1CN(Cc2ccccc2CCN)C(C)CO1. The summed E-state index contributed by atoms with van der Waals surface area (Å²) in [6, 6.07) is 9.12. The van der Waals surface area contributed by atoms with E-state index in [-0.39, 0.29) is 0 Å². The fraction of sp³-hybridized carbons (Fsp3) is 0.600. The van der Waals surface area contributed by atoms with Gasteiger partial charge in [-0.2, -0.15) is 0 Å². The second kappa shape index (κ2) is 6.32. The number of morpholine rings is 1. The lowest BCUT2D eigenvalue weighted by molar-refractivity contribution is -0.0527. The van der Waals surface area contributed by atoms with Gasteiger partial charge in [-0.05, 0) is 37.9 Å². The third-order valence-electron chi connectivity index (χ3n) is 3.64. The first-order valence-electron chi connectivity index (χ1n) is 6.83. The van der Waals surface area contributed by atoms with Crippen molar-refractivity contribution in [2.24, 2.45) is 5.73 Å². The molecule has 1 aromatic rings. The third-order valence-corrected chi connectivity index (χ3v) is 3.64. The number of hydrogen-bond acceptors (Lipinski definition) is 3. The minimum Gasteiger partial charge on any atom is -0.376 e. The zero-order chi connectivity index (χ0) is 13.0. The smallest absolute Gasteiger partial charge is 0.0674 e. The highest BCUT2D eigenvalue weighted by Crippen LogP contribution is 2.18. The number of benzene rings is 1. The van der Waals surface area contributed by atoms with E-state index in [1.54, 1.807) is 0 Å². The predicted molar refractivity (Wildman–Crippen MR) is 74.5 cm³/mol. The lowest BCUT2D eigenvalue weighted by Crippen LogP contribution is -2.46. The molecule has 0 aromatic heterocycles. The molecule has 0 amide bonds. The molecule has 3 heteroatoms. The summed E-state index contributed by atoms with van der Waals surface area (Å²) in [5.74, 6) is 0. The molecule has 100 valence electrons. The predicted octanol–water partition coefficient (Wildman–Crippen LogP) is 1.80. The third kappa shape index (κ3) is 3.31. The van der Waals surface area contributed by atoms with Crippen molar-refractivity contribution >= 4 is 0 Å². The van der Waals surface area contributed by atoms with Crippen LogP contribution in [0.1, 0.15) is 25.0 Å². The van der Waals surface area contributed by atoms with Gasteiger partial charge in [0.25, 0.3) is 0 Å². The molecular weight excluding hydrogens is 224 g/mol. The molecule has 1 saturated heterocycles. The Morgan fingerprint density at radius 2 is 2.00 bits per heavy atom. The molecule has 0 bridgehead atoms. The lowest BCUT2D eigenvalue weighted by atomic mass is 10.0. The Kier molecular flexibility index (Phi) is 4.75. The highest BCUT2D eigenvalue weighted by Gasteiger charge is 2.23. The molecule has 2 unspecified atom stereocenters. The van der Waals surface area contributed by atoms with Crippen molar-refractivity contribution < 1.29 is 4.74 Å². The Labute approximate surface area is 110 Å². The molecule has 0 radical (unpaired) electrons. The van der Waals surface area contributed by atoms with E-state index < -0.39 is 0 Å². The summed E-state index contributed by atoms with van der Waals surface area (Å²) < 4.78 is 5.67. The molecule has 0 aliphatic carbocycles.